The summed E-state index contributed by atoms with van der Waals surface area (Å²) >= 11 is 1.63. The summed E-state index contributed by atoms with van der Waals surface area (Å²) < 4.78 is 29.1. The van der Waals surface area contributed by atoms with E-state index in [4.69, 9.17) is 0 Å². The number of hydrogen-bond donors (Lipinski definition) is 1. The van der Waals surface area contributed by atoms with Gasteiger partial charge < -0.3 is 5.32 Å². The topological polar surface area (TPSA) is 66.5 Å². The van der Waals surface area contributed by atoms with Gasteiger partial charge in [0.25, 0.3) is 15.9 Å². The van der Waals surface area contributed by atoms with Crippen LogP contribution in [0.1, 0.15) is 28.4 Å². The number of nitrogens with one attached hydrogen (secondary N) is 1. The van der Waals surface area contributed by atoms with Crippen molar-refractivity contribution < 1.29 is 13.2 Å². The first-order chi connectivity index (χ1) is 17.4. The van der Waals surface area contributed by atoms with Gasteiger partial charge in [0, 0.05) is 4.90 Å². The highest BCUT2D eigenvalue weighted by atomic mass is 32.2. The summed E-state index contributed by atoms with van der Waals surface area (Å²) in [6, 6.07) is 30.5. The highest BCUT2D eigenvalue weighted by Gasteiger charge is 2.28. The quantitative estimate of drug-likeness (QED) is 0.250. The molecule has 0 aliphatic carbocycles. The van der Waals surface area contributed by atoms with E-state index in [-0.39, 0.29) is 22.9 Å². The van der Waals surface area contributed by atoms with Crippen molar-refractivity contribution in [3.63, 3.8) is 0 Å². The lowest BCUT2D eigenvalue weighted by Gasteiger charge is -2.27. The largest absolute Gasteiger partial charge is 0.321 e. The number of carbonyl (C=O) groups excluding carboxylic acids is 1. The number of thioether (sulfide) groups is 1. The van der Waals surface area contributed by atoms with E-state index >= 15 is 0 Å². The first-order valence-corrected chi connectivity index (χ1v) is 14.1. The van der Waals surface area contributed by atoms with Gasteiger partial charge in [-0.25, -0.2) is 8.42 Å². The molecule has 36 heavy (non-hydrogen) atoms. The molecule has 1 amide bonds. The maximum Gasteiger partial charge on any atom is 0.264 e. The molecule has 0 atom stereocenters. The van der Waals surface area contributed by atoms with Crippen LogP contribution in [0.3, 0.4) is 0 Å². The summed E-state index contributed by atoms with van der Waals surface area (Å²) in [4.78, 5) is 14.6. The second-order valence-corrected chi connectivity index (χ2v) is 11.4. The Kier molecular flexibility index (Phi) is 8.13. The van der Waals surface area contributed by atoms with Gasteiger partial charge in [-0.05, 0) is 54.6 Å². The van der Waals surface area contributed by atoms with Gasteiger partial charge in [-0.2, -0.15) is 0 Å². The molecule has 0 unspecified atom stereocenters. The van der Waals surface area contributed by atoms with Crippen molar-refractivity contribution in [2.24, 2.45) is 0 Å². The molecule has 0 aliphatic rings. The molecule has 0 saturated carbocycles. The molecule has 0 saturated heterocycles. The van der Waals surface area contributed by atoms with E-state index in [0.717, 1.165) is 21.8 Å². The van der Waals surface area contributed by atoms with E-state index in [1.165, 1.54) is 4.31 Å². The van der Waals surface area contributed by atoms with Crippen LogP contribution in [0, 0.1) is 6.92 Å². The number of anilines is 2. The summed E-state index contributed by atoms with van der Waals surface area (Å²) in [6.07, 6.45) is 0. The number of aryl methyl sites for hydroxylation is 1. The Bertz CT molecular complexity index is 1440. The lowest BCUT2D eigenvalue weighted by Crippen LogP contribution is -2.32. The standard InChI is InChI=1S/C29H28N2O3S2/c1-3-35-28-16-10-8-14-26(28)30-29(32)25-13-7-9-15-27(25)31(21-23-11-5-4-6-12-23)36(33,34)24-19-17-22(2)18-20-24/h4-20H,3,21H2,1-2H3,(H,30,32). The first kappa shape index (κ1) is 25.5. The predicted molar refractivity (Wildman–Crippen MR) is 148 cm³/mol. The Morgan fingerprint density at radius 2 is 1.47 bits per heavy atom. The molecule has 5 nitrogen and oxygen atoms in total. The molecule has 0 aliphatic heterocycles. The second kappa shape index (κ2) is 11.5. The van der Waals surface area contributed by atoms with Crippen LogP contribution in [0.25, 0.3) is 0 Å². The van der Waals surface area contributed by atoms with Gasteiger partial charge >= 0.3 is 0 Å². The fourth-order valence-electron chi connectivity index (χ4n) is 3.81. The number of hydrogen-bond acceptors (Lipinski definition) is 4. The number of nitrogens with zero attached hydrogens (tertiary/aromatic N) is 1. The SMILES string of the molecule is CCSc1ccccc1NC(=O)c1ccccc1N(Cc1ccccc1)S(=O)(=O)c1ccc(C)cc1. The highest BCUT2D eigenvalue weighted by molar-refractivity contribution is 7.99. The number of amides is 1. The van der Waals surface area contributed by atoms with Crippen LogP contribution in [-0.4, -0.2) is 20.1 Å². The lowest BCUT2D eigenvalue weighted by molar-refractivity contribution is 0.102. The fourth-order valence-corrected chi connectivity index (χ4v) is 6.04. The van der Waals surface area contributed by atoms with Crippen molar-refractivity contribution in [1.82, 2.24) is 0 Å². The predicted octanol–water partition coefficient (Wildman–Crippen LogP) is 6.75. The summed E-state index contributed by atoms with van der Waals surface area (Å²) in [6.45, 7) is 4.05. The maximum atomic E-state index is 13.9. The van der Waals surface area contributed by atoms with Crippen LogP contribution < -0.4 is 9.62 Å². The van der Waals surface area contributed by atoms with Gasteiger partial charge in [0.15, 0.2) is 0 Å². The molecule has 4 aromatic carbocycles. The molecule has 184 valence electrons. The molecule has 4 aromatic rings. The number of benzene rings is 4. The highest BCUT2D eigenvalue weighted by Crippen LogP contribution is 2.31. The van der Waals surface area contributed by atoms with E-state index < -0.39 is 10.0 Å². The van der Waals surface area contributed by atoms with Crippen LogP contribution >= 0.6 is 11.8 Å². The number of sulfonamides is 1. The Labute approximate surface area is 217 Å². The van der Waals surface area contributed by atoms with Crippen LogP contribution in [0.2, 0.25) is 0 Å². The Hall–Kier alpha value is -3.55. The van der Waals surface area contributed by atoms with Gasteiger partial charge in [0.05, 0.1) is 28.4 Å². The van der Waals surface area contributed by atoms with Gasteiger partial charge in [-0.1, -0.05) is 79.2 Å². The van der Waals surface area contributed by atoms with Crippen LogP contribution in [0.4, 0.5) is 11.4 Å². The summed E-state index contributed by atoms with van der Waals surface area (Å²) in [5, 5.41) is 2.99. The average Bonchev–Trinajstić information content (AvgIpc) is 2.89. The summed E-state index contributed by atoms with van der Waals surface area (Å²) in [7, 11) is -3.97. The smallest absolute Gasteiger partial charge is 0.264 e. The van der Waals surface area contributed by atoms with Gasteiger partial charge in [-0.3, -0.25) is 9.10 Å². The molecular weight excluding hydrogens is 488 g/mol. The van der Waals surface area contributed by atoms with E-state index in [1.54, 1.807) is 60.3 Å². The van der Waals surface area contributed by atoms with Crippen molar-refractivity contribution in [2.45, 2.75) is 30.2 Å². The normalized spacial score (nSPS) is 11.2. The van der Waals surface area contributed by atoms with Crippen molar-refractivity contribution in [3.05, 3.63) is 120 Å². The third-order valence-corrected chi connectivity index (χ3v) is 8.36. The first-order valence-electron chi connectivity index (χ1n) is 11.7. The molecule has 0 aromatic heterocycles. The molecular formula is C29H28N2O3S2. The Balaban J connectivity index is 1.78. The minimum Gasteiger partial charge on any atom is -0.321 e. The van der Waals surface area contributed by atoms with E-state index in [2.05, 4.69) is 12.2 Å². The minimum absolute atomic E-state index is 0.0869. The third-order valence-electron chi connectivity index (χ3n) is 5.63. The van der Waals surface area contributed by atoms with Gasteiger partial charge in [0.2, 0.25) is 0 Å². The van der Waals surface area contributed by atoms with Crippen molar-refractivity contribution in [2.75, 3.05) is 15.4 Å². The van der Waals surface area contributed by atoms with Crippen molar-refractivity contribution in [3.8, 4) is 0 Å². The average molecular weight is 517 g/mol. The van der Waals surface area contributed by atoms with Gasteiger partial charge in [-0.15, -0.1) is 11.8 Å². The summed E-state index contributed by atoms with van der Waals surface area (Å²) in [5.74, 6) is 0.496. The van der Waals surface area contributed by atoms with Gasteiger partial charge in [0.1, 0.15) is 0 Å². The number of carbonyl (C=O) groups is 1. The molecule has 0 spiro atoms. The zero-order chi connectivity index (χ0) is 25.5. The zero-order valence-electron chi connectivity index (χ0n) is 20.2. The third kappa shape index (κ3) is 5.80. The molecule has 0 heterocycles. The molecule has 7 heteroatoms. The van der Waals surface area contributed by atoms with Crippen LogP contribution in [0.5, 0.6) is 0 Å². The molecule has 1 N–H and O–H groups in total. The molecule has 4 rings (SSSR count). The molecule has 0 radical (unpaired) electrons. The van der Waals surface area contributed by atoms with E-state index in [0.29, 0.717) is 11.4 Å². The number of rotatable bonds is 9. The second-order valence-electron chi connectivity index (χ2n) is 8.21. The van der Waals surface area contributed by atoms with Crippen molar-refractivity contribution in [1.29, 1.82) is 0 Å². The Morgan fingerprint density at radius 3 is 2.19 bits per heavy atom. The Morgan fingerprint density at radius 1 is 0.833 bits per heavy atom. The van der Waals surface area contributed by atoms with Crippen molar-refractivity contribution >= 4 is 39.1 Å². The van der Waals surface area contributed by atoms with Crippen LogP contribution in [0.15, 0.2) is 113 Å². The van der Waals surface area contributed by atoms with E-state index in [1.807, 2.05) is 61.5 Å². The fraction of sp³-hybridized carbons (Fsp3) is 0.138. The monoisotopic (exact) mass is 516 g/mol. The molecule has 0 fully saturated rings. The van der Waals surface area contributed by atoms with E-state index in [9.17, 15) is 13.2 Å². The minimum atomic E-state index is -3.97. The zero-order valence-corrected chi connectivity index (χ0v) is 21.9. The lowest BCUT2D eigenvalue weighted by atomic mass is 10.1. The maximum absolute atomic E-state index is 13.9. The van der Waals surface area contributed by atoms with Crippen LogP contribution in [-0.2, 0) is 16.6 Å². The molecule has 0 bridgehead atoms. The summed E-state index contributed by atoms with van der Waals surface area (Å²) in [5.41, 5.74) is 3.07. The number of para-hydroxylation sites is 2.